The molecule has 2 amide bonds. The molecule has 0 radical (unpaired) electrons. The molecule has 1 heterocycles. The number of oxazole rings is 1. The first kappa shape index (κ1) is 20.0. The normalized spacial score (nSPS) is 10.5. The van der Waals surface area contributed by atoms with E-state index in [-0.39, 0.29) is 23.5 Å². The largest absolute Gasteiger partial charge is 0.436 e. The van der Waals surface area contributed by atoms with Crippen LogP contribution in [0.4, 0.5) is 15.8 Å². The van der Waals surface area contributed by atoms with Crippen LogP contribution in [0.15, 0.2) is 83.4 Å². The second-order valence-electron chi connectivity index (χ2n) is 6.79. The summed E-state index contributed by atoms with van der Waals surface area (Å²) >= 11 is 0. The highest BCUT2D eigenvalue weighted by atomic mass is 19.1. The van der Waals surface area contributed by atoms with Gasteiger partial charge in [0.15, 0.2) is 5.76 Å². The van der Waals surface area contributed by atoms with Gasteiger partial charge in [-0.25, -0.2) is 9.37 Å². The number of aromatic nitrogens is 1. The van der Waals surface area contributed by atoms with Gasteiger partial charge in [-0.15, -0.1) is 0 Å². The number of amides is 2. The molecule has 0 saturated carbocycles. The number of carbonyl (C=O) groups is 2. The maximum absolute atomic E-state index is 13.2. The molecule has 0 saturated heterocycles. The second kappa shape index (κ2) is 8.62. The van der Waals surface area contributed by atoms with Gasteiger partial charge >= 0.3 is 0 Å². The van der Waals surface area contributed by atoms with Crippen molar-refractivity contribution in [1.29, 1.82) is 0 Å². The monoisotopic (exact) mass is 415 g/mol. The van der Waals surface area contributed by atoms with Crippen molar-refractivity contribution in [2.75, 3.05) is 10.6 Å². The van der Waals surface area contributed by atoms with Crippen LogP contribution >= 0.6 is 0 Å². The molecule has 7 heteroatoms. The Hall–Kier alpha value is -4.26. The van der Waals surface area contributed by atoms with E-state index in [2.05, 4.69) is 15.6 Å². The van der Waals surface area contributed by atoms with E-state index in [0.717, 1.165) is 0 Å². The minimum atomic E-state index is -0.337. The van der Waals surface area contributed by atoms with E-state index in [0.29, 0.717) is 33.8 Å². The van der Waals surface area contributed by atoms with Crippen LogP contribution in [0.2, 0.25) is 0 Å². The van der Waals surface area contributed by atoms with Crippen LogP contribution < -0.4 is 10.6 Å². The molecule has 0 unspecified atom stereocenters. The zero-order chi connectivity index (χ0) is 21.8. The van der Waals surface area contributed by atoms with Crippen molar-refractivity contribution < 1.29 is 18.4 Å². The molecule has 31 heavy (non-hydrogen) atoms. The first-order chi connectivity index (χ1) is 15.0. The molecule has 2 N–H and O–H groups in total. The van der Waals surface area contributed by atoms with Gasteiger partial charge in [0.25, 0.3) is 5.91 Å². The maximum atomic E-state index is 13.2. The Kier molecular flexibility index (Phi) is 5.57. The molecule has 4 rings (SSSR count). The van der Waals surface area contributed by atoms with Gasteiger partial charge in [0, 0.05) is 29.4 Å². The minimum absolute atomic E-state index is 0.170. The molecular formula is C24H18FN3O3. The van der Waals surface area contributed by atoms with Crippen molar-refractivity contribution in [2.45, 2.75) is 6.92 Å². The van der Waals surface area contributed by atoms with Crippen LogP contribution in [-0.2, 0) is 4.79 Å². The van der Waals surface area contributed by atoms with Gasteiger partial charge in [0.2, 0.25) is 11.8 Å². The Morgan fingerprint density at radius 3 is 2.19 bits per heavy atom. The fourth-order valence-corrected chi connectivity index (χ4v) is 3.05. The zero-order valence-corrected chi connectivity index (χ0v) is 16.6. The van der Waals surface area contributed by atoms with Gasteiger partial charge in [-0.05, 0) is 60.7 Å². The van der Waals surface area contributed by atoms with Crippen molar-refractivity contribution in [3.05, 3.63) is 90.4 Å². The van der Waals surface area contributed by atoms with E-state index in [4.69, 9.17) is 4.42 Å². The lowest BCUT2D eigenvalue weighted by atomic mass is 10.1. The third kappa shape index (κ3) is 4.67. The summed E-state index contributed by atoms with van der Waals surface area (Å²) in [5, 5.41) is 5.50. The predicted molar refractivity (Wildman–Crippen MR) is 116 cm³/mol. The third-order valence-corrected chi connectivity index (χ3v) is 4.50. The number of nitrogens with zero attached hydrogens (tertiary/aromatic N) is 1. The number of benzene rings is 3. The average Bonchev–Trinajstić information content (AvgIpc) is 3.25. The highest BCUT2D eigenvalue weighted by molar-refractivity contribution is 6.08. The maximum Gasteiger partial charge on any atom is 0.256 e. The van der Waals surface area contributed by atoms with Crippen molar-refractivity contribution in [1.82, 2.24) is 4.98 Å². The summed E-state index contributed by atoms with van der Waals surface area (Å²) in [6.07, 6.45) is 1.54. The molecule has 0 fully saturated rings. The summed E-state index contributed by atoms with van der Waals surface area (Å²) in [5.74, 6) is -0.0819. The van der Waals surface area contributed by atoms with E-state index >= 15 is 0 Å². The SMILES string of the molecule is CC(=O)Nc1ccc(NC(=O)c2ccccc2-c2ncc(-c3ccc(F)cc3)o2)cc1. The quantitative estimate of drug-likeness (QED) is 0.460. The molecule has 0 aliphatic carbocycles. The van der Waals surface area contributed by atoms with Crippen molar-refractivity contribution in [3.8, 4) is 22.8 Å². The summed E-state index contributed by atoms with van der Waals surface area (Å²) in [5.41, 5.74) is 2.82. The van der Waals surface area contributed by atoms with Gasteiger partial charge in [0.05, 0.1) is 11.8 Å². The zero-order valence-electron chi connectivity index (χ0n) is 16.6. The van der Waals surface area contributed by atoms with Gasteiger partial charge in [0.1, 0.15) is 5.82 Å². The van der Waals surface area contributed by atoms with Gasteiger partial charge < -0.3 is 15.1 Å². The molecule has 0 aliphatic heterocycles. The Balaban J connectivity index is 1.56. The van der Waals surface area contributed by atoms with E-state index in [9.17, 15) is 14.0 Å². The van der Waals surface area contributed by atoms with Gasteiger partial charge in [-0.2, -0.15) is 0 Å². The summed E-state index contributed by atoms with van der Waals surface area (Å²) in [4.78, 5) is 28.3. The molecular weight excluding hydrogens is 397 g/mol. The van der Waals surface area contributed by atoms with Crippen LogP contribution in [0.1, 0.15) is 17.3 Å². The molecule has 0 bridgehead atoms. The number of hydrogen-bond donors (Lipinski definition) is 2. The lowest BCUT2D eigenvalue weighted by molar-refractivity contribution is -0.114. The molecule has 1 aromatic heterocycles. The van der Waals surface area contributed by atoms with Crippen molar-refractivity contribution in [2.24, 2.45) is 0 Å². The highest BCUT2D eigenvalue weighted by Gasteiger charge is 2.17. The third-order valence-electron chi connectivity index (χ3n) is 4.50. The van der Waals surface area contributed by atoms with Crippen LogP contribution in [0.25, 0.3) is 22.8 Å². The van der Waals surface area contributed by atoms with E-state index in [1.807, 2.05) is 0 Å². The van der Waals surface area contributed by atoms with E-state index in [1.54, 1.807) is 60.7 Å². The predicted octanol–water partition coefficient (Wildman–Crippen LogP) is 5.36. The summed E-state index contributed by atoms with van der Waals surface area (Å²) in [7, 11) is 0. The second-order valence-corrected chi connectivity index (χ2v) is 6.79. The Labute approximate surface area is 177 Å². The van der Waals surface area contributed by atoms with Crippen LogP contribution in [0, 0.1) is 5.82 Å². The number of nitrogens with one attached hydrogen (secondary N) is 2. The number of anilines is 2. The van der Waals surface area contributed by atoms with Crippen LogP contribution in [-0.4, -0.2) is 16.8 Å². The lowest BCUT2D eigenvalue weighted by Gasteiger charge is -2.09. The highest BCUT2D eigenvalue weighted by Crippen LogP contribution is 2.29. The van der Waals surface area contributed by atoms with E-state index < -0.39 is 0 Å². The molecule has 0 spiro atoms. The molecule has 0 aliphatic rings. The molecule has 0 atom stereocenters. The average molecular weight is 415 g/mol. The molecule has 154 valence electrons. The van der Waals surface area contributed by atoms with Gasteiger partial charge in [-0.1, -0.05) is 12.1 Å². The molecule has 4 aromatic rings. The molecule has 6 nitrogen and oxygen atoms in total. The Morgan fingerprint density at radius 2 is 1.52 bits per heavy atom. The standard InChI is InChI=1S/C24H18FN3O3/c1-15(29)27-18-10-12-19(13-11-18)28-23(30)20-4-2-3-5-21(20)24-26-14-22(31-24)16-6-8-17(25)9-7-16/h2-14H,1H3,(H,27,29)(H,28,30). The van der Waals surface area contributed by atoms with Crippen molar-refractivity contribution >= 4 is 23.2 Å². The fourth-order valence-electron chi connectivity index (χ4n) is 3.05. The summed E-state index contributed by atoms with van der Waals surface area (Å²) < 4.78 is 19.0. The van der Waals surface area contributed by atoms with Crippen LogP contribution in [0.5, 0.6) is 0 Å². The first-order valence-corrected chi connectivity index (χ1v) is 9.50. The Bertz CT molecular complexity index is 1230. The van der Waals surface area contributed by atoms with Crippen LogP contribution in [0.3, 0.4) is 0 Å². The molecule has 3 aromatic carbocycles. The topological polar surface area (TPSA) is 84.2 Å². The minimum Gasteiger partial charge on any atom is -0.436 e. The van der Waals surface area contributed by atoms with E-state index in [1.165, 1.54) is 25.3 Å². The summed E-state index contributed by atoms with van der Waals surface area (Å²) in [6, 6.07) is 19.6. The van der Waals surface area contributed by atoms with Gasteiger partial charge in [-0.3, -0.25) is 9.59 Å². The van der Waals surface area contributed by atoms with Crippen molar-refractivity contribution in [3.63, 3.8) is 0 Å². The summed E-state index contributed by atoms with van der Waals surface area (Å²) in [6.45, 7) is 1.43. The lowest BCUT2D eigenvalue weighted by Crippen LogP contribution is -2.13. The fraction of sp³-hybridized carbons (Fsp3) is 0.0417. The number of hydrogen-bond acceptors (Lipinski definition) is 4. The Morgan fingerprint density at radius 1 is 0.871 bits per heavy atom. The first-order valence-electron chi connectivity index (χ1n) is 9.50. The smallest absolute Gasteiger partial charge is 0.256 e. The number of carbonyl (C=O) groups excluding carboxylic acids is 2. The number of halogens is 1. The number of rotatable bonds is 5.